The highest BCUT2D eigenvalue weighted by Gasteiger charge is 2.15. The summed E-state index contributed by atoms with van der Waals surface area (Å²) in [6.45, 7) is 2.82. The molecule has 0 fully saturated rings. The van der Waals surface area contributed by atoms with Gasteiger partial charge in [-0.05, 0) is 48.9 Å². The quantitative estimate of drug-likeness (QED) is 0.725. The van der Waals surface area contributed by atoms with E-state index in [4.69, 9.17) is 0 Å². The van der Waals surface area contributed by atoms with Crippen LogP contribution >= 0.6 is 0 Å². The molecule has 0 bridgehead atoms. The van der Waals surface area contributed by atoms with Gasteiger partial charge in [-0.3, -0.25) is 4.79 Å². The Morgan fingerprint density at radius 2 is 2.00 bits per heavy atom. The molecular weight excluding hydrogens is 307 g/mol. The van der Waals surface area contributed by atoms with Gasteiger partial charge < -0.3 is 4.90 Å². The first-order valence-corrected chi connectivity index (χ1v) is 7.66. The van der Waals surface area contributed by atoms with Crippen molar-refractivity contribution in [2.75, 3.05) is 6.54 Å². The summed E-state index contributed by atoms with van der Waals surface area (Å²) in [6.07, 6.45) is 3.05. The lowest BCUT2D eigenvalue weighted by Crippen LogP contribution is -2.30. The zero-order valence-electron chi connectivity index (χ0n) is 13.3. The monoisotopic (exact) mass is 324 g/mol. The molecule has 0 saturated heterocycles. The Hall–Kier alpha value is -3.02. The second-order valence-electron chi connectivity index (χ2n) is 5.34. The number of aromatic nitrogens is 3. The molecule has 2 aromatic carbocycles. The van der Waals surface area contributed by atoms with Gasteiger partial charge in [-0.1, -0.05) is 12.1 Å². The molecule has 5 nitrogen and oxygen atoms in total. The van der Waals surface area contributed by atoms with E-state index in [2.05, 4.69) is 10.1 Å². The second kappa shape index (κ2) is 7.04. The second-order valence-corrected chi connectivity index (χ2v) is 5.34. The first-order chi connectivity index (χ1) is 11.7. The number of carbonyl (C=O) groups excluding carboxylic acids is 1. The molecule has 3 rings (SSSR count). The summed E-state index contributed by atoms with van der Waals surface area (Å²) in [7, 11) is 0. The van der Waals surface area contributed by atoms with Crippen LogP contribution in [0.4, 0.5) is 4.39 Å². The molecule has 0 aliphatic rings. The highest BCUT2D eigenvalue weighted by atomic mass is 19.1. The summed E-state index contributed by atoms with van der Waals surface area (Å²) >= 11 is 0. The summed E-state index contributed by atoms with van der Waals surface area (Å²) < 4.78 is 14.9. The van der Waals surface area contributed by atoms with Gasteiger partial charge in [0.05, 0.1) is 5.69 Å². The molecule has 0 saturated carbocycles. The fraction of sp³-hybridized carbons (Fsp3) is 0.167. The van der Waals surface area contributed by atoms with Crippen LogP contribution < -0.4 is 0 Å². The Labute approximate surface area is 139 Å². The van der Waals surface area contributed by atoms with Crippen molar-refractivity contribution in [1.29, 1.82) is 0 Å². The lowest BCUT2D eigenvalue weighted by atomic mass is 10.1. The van der Waals surface area contributed by atoms with Gasteiger partial charge in [-0.25, -0.2) is 14.1 Å². The molecule has 6 heteroatoms. The smallest absolute Gasteiger partial charge is 0.254 e. The van der Waals surface area contributed by atoms with Gasteiger partial charge in [0.2, 0.25) is 0 Å². The van der Waals surface area contributed by atoms with Crippen LogP contribution in [0.1, 0.15) is 22.8 Å². The number of halogens is 1. The van der Waals surface area contributed by atoms with Crippen LogP contribution in [0.5, 0.6) is 0 Å². The molecule has 0 spiro atoms. The third kappa shape index (κ3) is 3.48. The topological polar surface area (TPSA) is 51.0 Å². The predicted molar refractivity (Wildman–Crippen MR) is 88.2 cm³/mol. The minimum Gasteiger partial charge on any atom is -0.335 e. The highest BCUT2D eigenvalue weighted by molar-refractivity contribution is 5.94. The SMILES string of the molecule is CCN(Cc1cccc(F)c1)C(=O)c1ccc(-n2cncn2)cc1. The molecule has 0 aliphatic carbocycles. The van der Waals surface area contributed by atoms with Crippen LogP contribution in [0.25, 0.3) is 5.69 Å². The summed E-state index contributed by atoms with van der Waals surface area (Å²) in [6, 6.07) is 13.5. The van der Waals surface area contributed by atoms with E-state index < -0.39 is 0 Å². The van der Waals surface area contributed by atoms with E-state index in [-0.39, 0.29) is 11.7 Å². The van der Waals surface area contributed by atoms with Crippen molar-refractivity contribution in [3.05, 3.63) is 78.1 Å². The Morgan fingerprint density at radius 1 is 1.21 bits per heavy atom. The third-order valence-electron chi connectivity index (χ3n) is 3.73. The number of hydrogen-bond acceptors (Lipinski definition) is 3. The highest BCUT2D eigenvalue weighted by Crippen LogP contribution is 2.13. The molecule has 0 radical (unpaired) electrons. The Morgan fingerprint density at radius 3 is 2.62 bits per heavy atom. The van der Waals surface area contributed by atoms with E-state index in [1.54, 1.807) is 34.1 Å². The Balaban J connectivity index is 1.76. The average Bonchev–Trinajstić information content (AvgIpc) is 3.14. The van der Waals surface area contributed by atoms with Crippen molar-refractivity contribution < 1.29 is 9.18 Å². The summed E-state index contributed by atoms with van der Waals surface area (Å²) in [4.78, 5) is 18.2. The van der Waals surface area contributed by atoms with Gasteiger partial charge in [0.15, 0.2) is 0 Å². The maximum atomic E-state index is 13.3. The number of hydrogen-bond donors (Lipinski definition) is 0. The van der Waals surface area contributed by atoms with E-state index in [0.29, 0.717) is 18.7 Å². The van der Waals surface area contributed by atoms with Crippen LogP contribution in [0.15, 0.2) is 61.2 Å². The first-order valence-electron chi connectivity index (χ1n) is 7.66. The maximum Gasteiger partial charge on any atom is 0.254 e. The van der Waals surface area contributed by atoms with Crippen molar-refractivity contribution >= 4 is 5.91 Å². The van der Waals surface area contributed by atoms with Crippen molar-refractivity contribution in [2.24, 2.45) is 0 Å². The van der Waals surface area contributed by atoms with Crippen molar-refractivity contribution in [1.82, 2.24) is 19.7 Å². The number of carbonyl (C=O) groups is 1. The molecule has 0 N–H and O–H groups in total. The molecule has 0 unspecified atom stereocenters. The molecule has 1 amide bonds. The summed E-state index contributed by atoms with van der Waals surface area (Å²) in [5, 5.41) is 4.05. The van der Waals surface area contributed by atoms with Crippen molar-refractivity contribution in [3.63, 3.8) is 0 Å². The molecule has 3 aromatic rings. The maximum absolute atomic E-state index is 13.3. The third-order valence-corrected chi connectivity index (χ3v) is 3.73. The van der Waals surface area contributed by atoms with E-state index in [1.807, 2.05) is 25.1 Å². The molecule has 1 aromatic heterocycles. The first kappa shape index (κ1) is 15.9. The minimum absolute atomic E-state index is 0.0908. The fourth-order valence-electron chi connectivity index (χ4n) is 2.46. The zero-order chi connectivity index (χ0) is 16.9. The normalized spacial score (nSPS) is 10.6. The summed E-state index contributed by atoms with van der Waals surface area (Å²) in [5.41, 5.74) is 2.18. The summed E-state index contributed by atoms with van der Waals surface area (Å²) in [5.74, 6) is -0.389. The molecular formula is C18H17FN4O. The average molecular weight is 324 g/mol. The Bertz CT molecular complexity index is 815. The van der Waals surface area contributed by atoms with E-state index in [0.717, 1.165) is 11.3 Å². The zero-order valence-corrected chi connectivity index (χ0v) is 13.3. The minimum atomic E-state index is -0.298. The largest absolute Gasteiger partial charge is 0.335 e. The number of nitrogens with zero attached hydrogens (tertiary/aromatic N) is 4. The molecule has 122 valence electrons. The van der Waals surface area contributed by atoms with Gasteiger partial charge in [0.1, 0.15) is 18.5 Å². The van der Waals surface area contributed by atoms with Crippen LogP contribution in [-0.4, -0.2) is 32.1 Å². The van der Waals surface area contributed by atoms with Gasteiger partial charge in [-0.2, -0.15) is 5.10 Å². The van der Waals surface area contributed by atoms with Gasteiger partial charge >= 0.3 is 0 Å². The van der Waals surface area contributed by atoms with Gasteiger partial charge in [0, 0.05) is 18.7 Å². The van der Waals surface area contributed by atoms with Crippen LogP contribution in [0.3, 0.4) is 0 Å². The molecule has 24 heavy (non-hydrogen) atoms. The van der Waals surface area contributed by atoms with Crippen LogP contribution in [-0.2, 0) is 6.54 Å². The number of amides is 1. The van der Waals surface area contributed by atoms with E-state index in [9.17, 15) is 9.18 Å². The lowest BCUT2D eigenvalue weighted by molar-refractivity contribution is 0.0752. The number of rotatable bonds is 5. The van der Waals surface area contributed by atoms with Gasteiger partial charge in [-0.15, -0.1) is 0 Å². The van der Waals surface area contributed by atoms with Crippen molar-refractivity contribution in [2.45, 2.75) is 13.5 Å². The Kier molecular flexibility index (Phi) is 4.65. The molecule has 0 aliphatic heterocycles. The van der Waals surface area contributed by atoms with Gasteiger partial charge in [0.25, 0.3) is 5.91 Å². The van der Waals surface area contributed by atoms with Crippen LogP contribution in [0.2, 0.25) is 0 Å². The van der Waals surface area contributed by atoms with Crippen molar-refractivity contribution in [3.8, 4) is 5.69 Å². The fourth-order valence-corrected chi connectivity index (χ4v) is 2.46. The van der Waals surface area contributed by atoms with E-state index in [1.165, 1.54) is 18.5 Å². The number of benzene rings is 2. The predicted octanol–water partition coefficient (Wildman–Crippen LogP) is 3.07. The standard InChI is InChI=1S/C18H17FN4O/c1-2-22(11-14-4-3-5-16(19)10-14)18(24)15-6-8-17(9-7-15)23-13-20-12-21-23/h3-10,12-13H,2,11H2,1H3. The van der Waals surface area contributed by atoms with Crippen LogP contribution in [0, 0.1) is 5.82 Å². The molecule has 0 atom stereocenters. The molecule has 1 heterocycles. The van der Waals surface area contributed by atoms with E-state index >= 15 is 0 Å². The lowest BCUT2D eigenvalue weighted by Gasteiger charge is -2.21.